The van der Waals surface area contributed by atoms with Crippen LogP contribution in [0, 0.1) is 6.92 Å². The van der Waals surface area contributed by atoms with Crippen molar-refractivity contribution in [1.82, 2.24) is 0 Å². The Morgan fingerprint density at radius 1 is 1.13 bits per heavy atom. The summed E-state index contributed by atoms with van der Waals surface area (Å²) in [5, 5.41) is 11.8. The summed E-state index contributed by atoms with van der Waals surface area (Å²) in [4.78, 5) is 23.0. The highest BCUT2D eigenvalue weighted by molar-refractivity contribution is 5.93. The number of methoxy groups -OCH3 is 1. The van der Waals surface area contributed by atoms with Crippen LogP contribution >= 0.6 is 0 Å². The molecule has 6 heteroatoms. The van der Waals surface area contributed by atoms with Crippen molar-refractivity contribution in [2.45, 2.75) is 6.92 Å². The molecule has 0 spiro atoms. The van der Waals surface area contributed by atoms with Crippen molar-refractivity contribution < 1.29 is 24.2 Å². The highest BCUT2D eigenvalue weighted by Gasteiger charge is 2.13. The zero-order valence-electron chi connectivity index (χ0n) is 12.8. The van der Waals surface area contributed by atoms with Crippen molar-refractivity contribution in [3.8, 4) is 11.5 Å². The first-order valence-corrected chi connectivity index (χ1v) is 6.90. The van der Waals surface area contributed by atoms with Gasteiger partial charge in [0, 0.05) is 5.69 Å². The van der Waals surface area contributed by atoms with Gasteiger partial charge in [0.15, 0.2) is 6.61 Å². The number of rotatable bonds is 6. The van der Waals surface area contributed by atoms with Crippen LogP contribution in [0.25, 0.3) is 0 Å². The van der Waals surface area contributed by atoms with E-state index in [1.165, 1.54) is 6.07 Å². The maximum absolute atomic E-state index is 11.9. The maximum atomic E-state index is 11.9. The second-order valence-electron chi connectivity index (χ2n) is 4.87. The van der Waals surface area contributed by atoms with E-state index >= 15 is 0 Å². The maximum Gasteiger partial charge on any atom is 0.339 e. The number of hydrogen-bond acceptors (Lipinski definition) is 4. The van der Waals surface area contributed by atoms with Crippen LogP contribution < -0.4 is 14.8 Å². The molecule has 0 aromatic heterocycles. The molecule has 0 bridgehead atoms. The first-order valence-electron chi connectivity index (χ1n) is 6.90. The Kier molecular flexibility index (Phi) is 5.19. The standard InChI is InChI=1S/C17H17NO5/c1-11-3-8-14(17(20)21)15(9-11)23-10-16(19)18-12-4-6-13(22-2)7-5-12/h3-9H,10H2,1-2H3,(H,18,19)(H,20,21). The second kappa shape index (κ2) is 7.31. The zero-order valence-corrected chi connectivity index (χ0v) is 12.8. The van der Waals surface area contributed by atoms with E-state index in [1.54, 1.807) is 43.5 Å². The molecule has 2 N–H and O–H groups in total. The third-order valence-electron chi connectivity index (χ3n) is 3.10. The van der Waals surface area contributed by atoms with Crippen molar-refractivity contribution in [2.75, 3.05) is 19.0 Å². The number of ether oxygens (including phenoxy) is 2. The van der Waals surface area contributed by atoms with Crippen LogP contribution in [0.1, 0.15) is 15.9 Å². The molecule has 0 radical (unpaired) electrons. The molecule has 0 fully saturated rings. The number of benzene rings is 2. The summed E-state index contributed by atoms with van der Waals surface area (Å²) < 4.78 is 10.4. The van der Waals surface area contributed by atoms with E-state index in [0.717, 1.165) is 5.56 Å². The third kappa shape index (κ3) is 4.47. The van der Waals surface area contributed by atoms with E-state index in [0.29, 0.717) is 11.4 Å². The SMILES string of the molecule is COc1ccc(NC(=O)COc2cc(C)ccc2C(=O)O)cc1. The number of carbonyl (C=O) groups is 2. The van der Waals surface area contributed by atoms with E-state index in [4.69, 9.17) is 14.6 Å². The zero-order chi connectivity index (χ0) is 16.8. The van der Waals surface area contributed by atoms with E-state index in [2.05, 4.69) is 5.32 Å². The van der Waals surface area contributed by atoms with Gasteiger partial charge in [-0.25, -0.2) is 4.79 Å². The summed E-state index contributed by atoms with van der Waals surface area (Å²) in [7, 11) is 1.56. The Labute approximate surface area is 133 Å². The number of nitrogens with one attached hydrogen (secondary N) is 1. The van der Waals surface area contributed by atoms with Crippen molar-refractivity contribution in [1.29, 1.82) is 0 Å². The number of carboxylic acids is 1. The topological polar surface area (TPSA) is 84.9 Å². The third-order valence-corrected chi connectivity index (χ3v) is 3.10. The van der Waals surface area contributed by atoms with Gasteiger partial charge in [0.25, 0.3) is 5.91 Å². The minimum Gasteiger partial charge on any atom is -0.497 e. The fraction of sp³-hybridized carbons (Fsp3) is 0.176. The van der Waals surface area contributed by atoms with Crippen molar-refractivity contribution in [2.24, 2.45) is 0 Å². The van der Waals surface area contributed by atoms with Gasteiger partial charge in [0.05, 0.1) is 7.11 Å². The van der Waals surface area contributed by atoms with E-state index in [-0.39, 0.29) is 23.8 Å². The van der Waals surface area contributed by atoms with Gasteiger partial charge >= 0.3 is 5.97 Å². The molecule has 0 aliphatic heterocycles. The second-order valence-corrected chi connectivity index (χ2v) is 4.87. The average Bonchev–Trinajstić information content (AvgIpc) is 2.53. The van der Waals surface area contributed by atoms with Crippen LogP contribution in [0.15, 0.2) is 42.5 Å². The lowest BCUT2D eigenvalue weighted by Gasteiger charge is -2.10. The van der Waals surface area contributed by atoms with Gasteiger partial charge in [0.2, 0.25) is 0 Å². The molecule has 2 aromatic rings. The highest BCUT2D eigenvalue weighted by atomic mass is 16.5. The quantitative estimate of drug-likeness (QED) is 0.856. The molecule has 0 heterocycles. The molecular weight excluding hydrogens is 298 g/mol. The molecule has 1 amide bonds. The first-order chi connectivity index (χ1) is 11.0. The Bertz CT molecular complexity index is 709. The molecule has 0 aliphatic rings. The first kappa shape index (κ1) is 16.4. The van der Waals surface area contributed by atoms with Crippen LogP contribution in [-0.4, -0.2) is 30.7 Å². The largest absolute Gasteiger partial charge is 0.497 e. The van der Waals surface area contributed by atoms with E-state index in [9.17, 15) is 9.59 Å². The van der Waals surface area contributed by atoms with Gasteiger partial charge in [-0.05, 0) is 48.9 Å². The molecule has 2 aromatic carbocycles. The van der Waals surface area contributed by atoms with Gasteiger partial charge in [-0.3, -0.25) is 4.79 Å². The molecule has 0 saturated heterocycles. The molecule has 0 unspecified atom stereocenters. The van der Waals surface area contributed by atoms with Gasteiger partial charge in [-0.15, -0.1) is 0 Å². The lowest BCUT2D eigenvalue weighted by molar-refractivity contribution is -0.118. The van der Waals surface area contributed by atoms with Crippen LogP contribution in [0.4, 0.5) is 5.69 Å². The predicted molar refractivity (Wildman–Crippen MR) is 85.3 cm³/mol. The lowest BCUT2D eigenvalue weighted by atomic mass is 10.1. The Hall–Kier alpha value is -3.02. The Morgan fingerprint density at radius 3 is 2.43 bits per heavy atom. The minimum atomic E-state index is -1.10. The molecule has 2 rings (SSSR count). The van der Waals surface area contributed by atoms with Crippen LogP contribution in [0.3, 0.4) is 0 Å². The number of aryl methyl sites for hydroxylation is 1. The summed E-state index contributed by atoms with van der Waals surface area (Å²) in [6.07, 6.45) is 0. The Balaban J connectivity index is 1.98. The number of anilines is 1. The van der Waals surface area contributed by atoms with E-state index in [1.807, 2.05) is 6.92 Å². The van der Waals surface area contributed by atoms with Crippen molar-refractivity contribution >= 4 is 17.6 Å². The fourth-order valence-corrected chi connectivity index (χ4v) is 1.94. The molecule has 0 aliphatic carbocycles. The minimum absolute atomic E-state index is 0.0212. The summed E-state index contributed by atoms with van der Waals surface area (Å²) in [5.74, 6) is -0.629. The van der Waals surface area contributed by atoms with Crippen LogP contribution in [0.5, 0.6) is 11.5 Å². The highest BCUT2D eigenvalue weighted by Crippen LogP contribution is 2.20. The molecule has 0 atom stereocenters. The van der Waals surface area contributed by atoms with Crippen LogP contribution in [0.2, 0.25) is 0 Å². The number of aromatic carboxylic acids is 1. The summed E-state index contributed by atoms with van der Waals surface area (Å²) in [6.45, 7) is 1.53. The normalized spacial score (nSPS) is 10.0. The summed E-state index contributed by atoms with van der Waals surface area (Å²) >= 11 is 0. The van der Waals surface area contributed by atoms with Crippen molar-refractivity contribution in [3.63, 3.8) is 0 Å². The van der Waals surface area contributed by atoms with Gasteiger partial charge in [-0.1, -0.05) is 6.07 Å². The van der Waals surface area contributed by atoms with Gasteiger partial charge < -0.3 is 19.9 Å². The molecular formula is C17H17NO5. The summed E-state index contributed by atoms with van der Waals surface area (Å²) in [5.41, 5.74) is 1.47. The lowest BCUT2D eigenvalue weighted by Crippen LogP contribution is -2.20. The number of hydrogen-bond donors (Lipinski definition) is 2. The molecule has 120 valence electrons. The fourth-order valence-electron chi connectivity index (χ4n) is 1.94. The monoisotopic (exact) mass is 315 g/mol. The van der Waals surface area contributed by atoms with Gasteiger partial charge in [-0.2, -0.15) is 0 Å². The van der Waals surface area contributed by atoms with Crippen LogP contribution in [-0.2, 0) is 4.79 Å². The van der Waals surface area contributed by atoms with Crippen molar-refractivity contribution in [3.05, 3.63) is 53.6 Å². The number of carbonyl (C=O) groups excluding carboxylic acids is 1. The smallest absolute Gasteiger partial charge is 0.339 e. The average molecular weight is 315 g/mol. The Morgan fingerprint density at radius 2 is 1.83 bits per heavy atom. The number of carboxylic acid groups (broad SMARTS) is 1. The molecule has 0 saturated carbocycles. The molecule has 6 nitrogen and oxygen atoms in total. The van der Waals surface area contributed by atoms with Gasteiger partial charge in [0.1, 0.15) is 17.1 Å². The molecule has 23 heavy (non-hydrogen) atoms. The predicted octanol–water partition coefficient (Wildman–Crippen LogP) is 2.72. The number of amides is 1. The van der Waals surface area contributed by atoms with E-state index < -0.39 is 5.97 Å². The summed E-state index contributed by atoms with van der Waals surface area (Å²) in [6, 6.07) is 11.6.